The zero-order valence-corrected chi connectivity index (χ0v) is 10.5. The van der Waals surface area contributed by atoms with Crippen molar-refractivity contribution in [1.29, 1.82) is 0 Å². The van der Waals surface area contributed by atoms with Crippen molar-refractivity contribution in [3.63, 3.8) is 0 Å². The first-order valence-corrected chi connectivity index (χ1v) is 5.89. The summed E-state index contributed by atoms with van der Waals surface area (Å²) in [6.45, 7) is 2.71. The number of carboxylic acids is 1. The van der Waals surface area contributed by atoms with Crippen molar-refractivity contribution in [2.24, 2.45) is 5.92 Å². The number of ether oxygens (including phenoxy) is 1. The van der Waals surface area contributed by atoms with E-state index in [-0.39, 0.29) is 18.7 Å². The molecule has 3 atom stereocenters. The first-order chi connectivity index (χ1) is 8.61. The van der Waals surface area contributed by atoms with Crippen LogP contribution in [0.15, 0.2) is 18.6 Å². The van der Waals surface area contributed by atoms with Gasteiger partial charge in [-0.05, 0) is 14.0 Å². The Morgan fingerprint density at radius 2 is 2.33 bits per heavy atom. The highest BCUT2D eigenvalue weighted by atomic mass is 16.5. The number of hydrogen-bond donors (Lipinski definition) is 1. The lowest BCUT2D eigenvalue weighted by atomic mass is 10.0. The van der Waals surface area contributed by atoms with Crippen LogP contribution in [-0.2, 0) is 9.53 Å². The van der Waals surface area contributed by atoms with E-state index in [1.807, 2.05) is 18.9 Å². The molecule has 1 aromatic rings. The quantitative estimate of drug-likeness (QED) is 0.843. The normalized spacial score (nSPS) is 25.3. The Balaban J connectivity index is 2.11. The van der Waals surface area contributed by atoms with Crippen molar-refractivity contribution >= 4 is 5.97 Å². The fourth-order valence-corrected chi connectivity index (χ4v) is 2.20. The van der Waals surface area contributed by atoms with Gasteiger partial charge in [0.05, 0.1) is 30.9 Å². The van der Waals surface area contributed by atoms with E-state index in [4.69, 9.17) is 9.84 Å². The van der Waals surface area contributed by atoms with Crippen LogP contribution in [0.1, 0.15) is 18.7 Å². The average molecular weight is 251 g/mol. The van der Waals surface area contributed by atoms with Crippen molar-refractivity contribution in [3.8, 4) is 0 Å². The summed E-state index contributed by atoms with van der Waals surface area (Å²) >= 11 is 0. The molecular formula is C12H17N3O3. The molecule has 0 amide bonds. The third kappa shape index (κ3) is 2.49. The number of hydrogen-bond acceptors (Lipinski definition) is 5. The van der Waals surface area contributed by atoms with Crippen LogP contribution >= 0.6 is 0 Å². The van der Waals surface area contributed by atoms with Crippen molar-refractivity contribution in [3.05, 3.63) is 24.3 Å². The van der Waals surface area contributed by atoms with Crippen molar-refractivity contribution < 1.29 is 14.6 Å². The fourth-order valence-electron chi connectivity index (χ4n) is 2.20. The lowest BCUT2D eigenvalue weighted by Crippen LogP contribution is -2.42. The Hall–Kier alpha value is -1.53. The maximum absolute atomic E-state index is 11.1. The van der Waals surface area contributed by atoms with Gasteiger partial charge in [-0.25, -0.2) is 0 Å². The molecule has 0 aromatic carbocycles. The van der Waals surface area contributed by atoms with Crippen LogP contribution < -0.4 is 0 Å². The highest BCUT2D eigenvalue weighted by Gasteiger charge is 2.38. The molecule has 1 N–H and O–H groups in total. The Bertz CT molecular complexity index is 412. The molecule has 0 spiro atoms. The molecule has 0 saturated carbocycles. The maximum atomic E-state index is 11.1. The van der Waals surface area contributed by atoms with Crippen LogP contribution in [0.4, 0.5) is 0 Å². The van der Waals surface area contributed by atoms with Gasteiger partial charge in [0, 0.05) is 24.6 Å². The van der Waals surface area contributed by atoms with Crippen molar-refractivity contribution in [1.82, 2.24) is 14.9 Å². The minimum absolute atomic E-state index is 0.00671. The second-order valence-electron chi connectivity index (χ2n) is 4.52. The van der Waals surface area contributed by atoms with Gasteiger partial charge in [0.25, 0.3) is 0 Å². The molecule has 1 aliphatic heterocycles. The third-order valence-electron chi connectivity index (χ3n) is 3.51. The third-order valence-corrected chi connectivity index (χ3v) is 3.51. The van der Waals surface area contributed by atoms with Gasteiger partial charge in [-0.2, -0.15) is 0 Å². The molecule has 1 aliphatic rings. The fraction of sp³-hybridized carbons (Fsp3) is 0.583. The zero-order chi connectivity index (χ0) is 13.1. The lowest BCUT2D eigenvalue weighted by Gasteiger charge is -2.31. The van der Waals surface area contributed by atoms with Gasteiger partial charge in [-0.3, -0.25) is 19.7 Å². The van der Waals surface area contributed by atoms with Gasteiger partial charge in [0.1, 0.15) is 0 Å². The molecule has 1 aromatic heterocycles. The van der Waals surface area contributed by atoms with E-state index < -0.39 is 11.9 Å². The average Bonchev–Trinajstić information content (AvgIpc) is 2.87. The van der Waals surface area contributed by atoms with Crippen molar-refractivity contribution in [2.45, 2.75) is 19.0 Å². The van der Waals surface area contributed by atoms with Crippen LogP contribution in [0.2, 0.25) is 0 Å². The summed E-state index contributed by atoms with van der Waals surface area (Å²) in [5.41, 5.74) is 0.830. The van der Waals surface area contributed by atoms with E-state index >= 15 is 0 Å². The Morgan fingerprint density at radius 1 is 1.56 bits per heavy atom. The first-order valence-electron chi connectivity index (χ1n) is 5.89. The van der Waals surface area contributed by atoms with Crippen LogP contribution in [-0.4, -0.2) is 52.2 Å². The second kappa shape index (κ2) is 5.41. The SMILES string of the molecule is CC(c1cnccn1)N(C)C1COCC1C(=O)O. The highest BCUT2D eigenvalue weighted by molar-refractivity contribution is 5.71. The summed E-state index contributed by atoms with van der Waals surface area (Å²) in [7, 11) is 1.90. The largest absolute Gasteiger partial charge is 0.481 e. The minimum atomic E-state index is -0.810. The first kappa shape index (κ1) is 12.9. The zero-order valence-electron chi connectivity index (χ0n) is 10.5. The van der Waals surface area contributed by atoms with Gasteiger partial charge >= 0.3 is 5.97 Å². The van der Waals surface area contributed by atoms with E-state index in [2.05, 4.69) is 9.97 Å². The summed E-state index contributed by atoms with van der Waals surface area (Å²) in [4.78, 5) is 21.4. The minimum Gasteiger partial charge on any atom is -0.481 e. The molecule has 98 valence electrons. The van der Waals surface area contributed by atoms with Crippen LogP contribution in [0, 0.1) is 5.92 Å². The van der Waals surface area contributed by atoms with E-state index in [1.165, 1.54) is 0 Å². The smallest absolute Gasteiger partial charge is 0.310 e. The lowest BCUT2D eigenvalue weighted by molar-refractivity contribution is -0.143. The Labute approximate surface area is 106 Å². The Kier molecular flexibility index (Phi) is 3.88. The summed E-state index contributed by atoms with van der Waals surface area (Å²) in [6, 6.07) is -0.119. The molecule has 0 radical (unpaired) electrons. The molecule has 0 aliphatic carbocycles. The number of rotatable bonds is 4. The molecule has 2 heterocycles. The standard InChI is InChI=1S/C12H17N3O3/c1-8(10-5-13-3-4-14-10)15(2)11-7-18-6-9(11)12(16)17/h3-5,8-9,11H,6-7H2,1-2H3,(H,16,17). The van der Waals surface area contributed by atoms with E-state index in [0.29, 0.717) is 6.61 Å². The van der Waals surface area contributed by atoms with E-state index in [0.717, 1.165) is 5.69 Å². The molecule has 0 bridgehead atoms. The van der Waals surface area contributed by atoms with Crippen LogP contribution in [0.25, 0.3) is 0 Å². The number of carboxylic acid groups (broad SMARTS) is 1. The molecule has 18 heavy (non-hydrogen) atoms. The number of carbonyl (C=O) groups is 1. The van der Waals surface area contributed by atoms with Gasteiger partial charge in [0.2, 0.25) is 0 Å². The maximum Gasteiger partial charge on any atom is 0.310 e. The van der Waals surface area contributed by atoms with Gasteiger partial charge in [-0.15, -0.1) is 0 Å². The summed E-state index contributed by atoms with van der Waals surface area (Å²) < 4.78 is 5.28. The number of aromatic nitrogens is 2. The number of likely N-dealkylation sites (N-methyl/N-ethyl adjacent to an activating group) is 1. The summed E-state index contributed by atoms with van der Waals surface area (Å²) in [6.07, 6.45) is 4.96. The van der Waals surface area contributed by atoms with E-state index in [9.17, 15) is 4.79 Å². The molecule has 6 heteroatoms. The predicted octanol–water partition coefficient (Wildman–Crippen LogP) is 0.569. The predicted molar refractivity (Wildman–Crippen MR) is 63.9 cm³/mol. The van der Waals surface area contributed by atoms with Crippen LogP contribution in [0.5, 0.6) is 0 Å². The second-order valence-corrected chi connectivity index (χ2v) is 4.52. The number of nitrogens with zero attached hydrogens (tertiary/aromatic N) is 3. The molecule has 2 rings (SSSR count). The van der Waals surface area contributed by atoms with Crippen molar-refractivity contribution in [2.75, 3.05) is 20.3 Å². The summed E-state index contributed by atoms with van der Waals surface area (Å²) in [5.74, 6) is -1.29. The van der Waals surface area contributed by atoms with Gasteiger partial charge in [0.15, 0.2) is 0 Å². The topological polar surface area (TPSA) is 75.5 Å². The van der Waals surface area contributed by atoms with Gasteiger partial charge < -0.3 is 9.84 Å². The Morgan fingerprint density at radius 3 is 2.94 bits per heavy atom. The molecular weight excluding hydrogens is 234 g/mol. The van der Waals surface area contributed by atoms with Gasteiger partial charge in [-0.1, -0.05) is 0 Å². The highest BCUT2D eigenvalue weighted by Crippen LogP contribution is 2.26. The molecule has 3 unspecified atom stereocenters. The van der Waals surface area contributed by atoms with E-state index in [1.54, 1.807) is 18.6 Å². The van der Waals surface area contributed by atoms with Crippen LogP contribution in [0.3, 0.4) is 0 Å². The molecule has 1 fully saturated rings. The molecule has 6 nitrogen and oxygen atoms in total. The monoisotopic (exact) mass is 251 g/mol. The summed E-state index contributed by atoms with van der Waals surface area (Å²) in [5, 5.41) is 9.15. The molecule has 1 saturated heterocycles. The number of aliphatic carboxylic acids is 1.